The van der Waals surface area contributed by atoms with Crippen LogP contribution in [-0.4, -0.2) is 4.99 Å². The summed E-state index contributed by atoms with van der Waals surface area (Å²) in [5.74, 6) is 0. The molecule has 0 aromatic heterocycles. The lowest BCUT2D eigenvalue weighted by Gasteiger charge is -2.13. The standard InChI is InChI=1S/C13H10BrClN2S/c14-12-9(15)5-3-7-11(12)17-10-6-2-1-4-8(10)13(16)18/h1-7,17H,(H2,16,18). The van der Waals surface area contributed by atoms with E-state index in [4.69, 9.17) is 29.6 Å². The van der Waals surface area contributed by atoms with Gasteiger partial charge in [-0.1, -0.05) is 42.0 Å². The lowest BCUT2D eigenvalue weighted by Crippen LogP contribution is -2.11. The first-order valence-electron chi connectivity index (χ1n) is 5.19. The fourth-order valence-electron chi connectivity index (χ4n) is 1.55. The van der Waals surface area contributed by atoms with Gasteiger partial charge in [0.2, 0.25) is 0 Å². The van der Waals surface area contributed by atoms with Crippen LogP contribution in [0.2, 0.25) is 5.02 Å². The van der Waals surface area contributed by atoms with Gasteiger partial charge in [0.1, 0.15) is 4.99 Å². The van der Waals surface area contributed by atoms with E-state index in [0.29, 0.717) is 10.0 Å². The average Bonchev–Trinajstić information content (AvgIpc) is 2.35. The van der Waals surface area contributed by atoms with E-state index >= 15 is 0 Å². The van der Waals surface area contributed by atoms with E-state index in [1.54, 1.807) is 0 Å². The summed E-state index contributed by atoms with van der Waals surface area (Å²) in [6.45, 7) is 0. The van der Waals surface area contributed by atoms with Gasteiger partial charge in [-0.05, 0) is 40.2 Å². The van der Waals surface area contributed by atoms with Gasteiger partial charge >= 0.3 is 0 Å². The van der Waals surface area contributed by atoms with Crippen molar-refractivity contribution >= 4 is 56.1 Å². The third-order valence-electron chi connectivity index (χ3n) is 2.41. The second-order valence-corrected chi connectivity index (χ2v) is 5.28. The van der Waals surface area contributed by atoms with Crippen molar-refractivity contribution in [1.29, 1.82) is 0 Å². The van der Waals surface area contributed by atoms with Crippen LogP contribution in [0.1, 0.15) is 5.56 Å². The Balaban J connectivity index is 2.40. The zero-order chi connectivity index (χ0) is 13.1. The summed E-state index contributed by atoms with van der Waals surface area (Å²) < 4.78 is 0.810. The lowest BCUT2D eigenvalue weighted by atomic mass is 10.1. The first-order chi connectivity index (χ1) is 8.59. The number of rotatable bonds is 3. The predicted molar refractivity (Wildman–Crippen MR) is 84.8 cm³/mol. The van der Waals surface area contributed by atoms with E-state index in [9.17, 15) is 0 Å². The normalized spacial score (nSPS) is 10.1. The molecule has 3 N–H and O–H groups in total. The van der Waals surface area contributed by atoms with Gasteiger partial charge in [0.15, 0.2) is 0 Å². The number of hydrogen-bond donors (Lipinski definition) is 2. The average molecular weight is 342 g/mol. The number of halogens is 2. The van der Waals surface area contributed by atoms with Crippen molar-refractivity contribution in [2.24, 2.45) is 5.73 Å². The molecule has 0 aliphatic carbocycles. The molecule has 2 aromatic rings. The second-order valence-electron chi connectivity index (χ2n) is 3.64. The molecule has 0 heterocycles. The van der Waals surface area contributed by atoms with E-state index in [1.165, 1.54) is 0 Å². The van der Waals surface area contributed by atoms with Gasteiger partial charge < -0.3 is 11.1 Å². The quantitative estimate of drug-likeness (QED) is 0.808. The van der Waals surface area contributed by atoms with Crippen molar-refractivity contribution in [3.05, 3.63) is 57.5 Å². The molecule has 5 heteroatoms. The summed E-state index contributed by atoms with van der Waals surface area (Å²) in [4.78, 5) is 0.358. The lowest BCUT2D eigenvalue weighted by molar-refractivity contribution is 1.50. The number of nitrogens with one attached hydrogen (secondary N) is 1. The van der Waals surface area contributed by atoms with Gasteiger partial charge in [0.05, 0.1) is 15.2 Å². The molecule has 0 aliphatic heterocycles. The largest absolute Gasteiger partial charge is 0.389 e. The van der Waals surface area contributed by atoms with Crippen molar-refractivity contribution in [3.8, 4) is 0 Å². The highest BCUT2D eigenvalue weighted by Crippen LogP contribution is 2.32. The SMILES string of the molecule is NC(=S)c1ccccc1Nc1cccc(Cl)c1Br. The maximum Gasteiger partial charge on any atom is 0.106 e. The molecule has 0 atom stereocenters. The van der Waals surface area contributed by atoms with Crippen LogP contribution in [0.5, 0.6) is 0 Å². The molecule has 0 saturated carbocycles. The monoisotopic (exact) mass is 340 g/mol. The van der Waals surface area contributed by atoms with Crippen molar-refractivity contribution in [1.82, 2.24) is 0 Å². The minimum absolute atomic E-state index is 0.358. The topological polar surface area (TPSA) is 38.0 Å². The van der Waals surface area contributed by atoms with E-state index in [-0.39, 0.29) is 0 Å². The van der Waals surface area contributed by atoms with Crippen LogP contribution in [0, 0.1) is 0 Å². The first kappa shape index (κ1) is 13.3. The predicted octanol–water partition coefficient (Wildman–Crippen LogP) is 4.48. The zero-order valence-electron chi connectivity index (χ0n) is 9.28. The molecule has 18 heavy (non-hydrogen) atoms. The Bertz CT molecular complexity index is 601. The molecule has 2 rings (SSSR count). The summed E-state index contributed by atoms with van der Waals surface area (Å²) >= 11 is 14.5. The number of anilines is 2. The third kappa shape index (κ3) is 2.83. The summed E-state index contributed by atoms with van der Waals surface area (Å²) in [5, 5.41) is 3.91. The van der Waals surface area contributed by atoms with E-state index < -0.39 is 0 Å². The highest BCUT2D eigenvalue weighted by atomic mass is 79.9. The van der Waals surface area contributed by atoms with Gasteiger partial charge in [-0.3, -0.25) is 0 Å². The summed E-state index contributed by atoms with van der Waals surface area (Å²) in [6.07, 6.45) is 0. The number of thiocarbonyl (C=S) groups is 1. The van der Waals surface area contributed by atoms with Crippen LogP contribution in [-0.2, 0) is 0 Å². The number of hydrogen-bond acceptors (Lipinski definition) is 2. The molecule has 0 unspecified atom stereocenters. The van der Waals surface area contributed by atoms with Crippen molar-refractivity contribution in [2.75, 3.05) is 5.32 Å². The minimum atomic E-state index is 0.358. The Labute approximate surface area is 124 Å². The fraction of sp³-hybridized carbons (Fsp3) is 0. The molecule has 0 fully saturated rings. The zero-order valence-corrected chi connectivity index (χ0v) is 12.4. The van der Waals surface area contributed by atoms with Gasteiger partial charge in [-0.15, -0.1) is 0 Å². The van der Waals surface area contributed by atoms with Crippen LogP contribution < -0.4 is 11.1 Å². The summed E-state index contributed by atoms with van der Waals surface area (Å²) in [7, 11) is 0. The van der Waals surface area contributed by atoms with Crippen LogP contribution >= 0.6 is 39.7 Å². The maximum atomic E-state index is 6.05. The van der Waals surface area contributed by atoms with E-state index in [2.05, 4.69) is 21.2 Å². The van der Waals surface area contributed by atoms with Crippen LogP contribution in [0.15, 0.2) is 46.9 Å². The van der Waals surface area contributed by atoms with Crippen molar-refractivity contribution in [3.63, 3.8) is 0 Å². The summed E-state index contributed by atoms with van der Waals surface area (Å²) in [5.41, 5.74) is 8.22. The van der Waals surface area contributed by atoms with Crippen LogP contribution in [0.3, 0.4) is 0 Å². The third-order valence-corrected chi connectivity index (χ3v) is 4.03. The Morgan fingerprint density at radius 1 is 1.11 bits per heavy atom. The smallest absolute Gasteiger partial charge is 0.106 e. The Kier molecular flexibility index (Phi) is 4.22. The number of nitrogens with two attached hydrogens (primary N) is 1. The maximum absolute atomic E-state index is 6.05. The number of benzene rings is 2. The second kappa shape index (κ2) is 5.69. The molecular formula is C13H10BrClN2S. The van der Waals surface area contributed by atoms with Crippen molar-refractivity contribution < 1.29 is 0 Å². The van der Waals surface area contributed by atoms with Crippen LogP contribution in [0.4, 0.5) is 11.4 Å². The molecule has 0 saturated heterocycles. The molecular weight excluding hydrogens is 332 g/mol. The molecule has 0 amide bonds. The number of para-hydroxylation sites is 1. The van der Waals surface area contributed by atoms with Crippen molar-refractivity contribution in [2.45, 2.75) is 0 Å². The highest BCUT2D eigenvalue weighted by molar-refractivity contribution is 9.10. The molecule has 0 aliphatic rings. The van der Waals surface area contributed by atoms with Gasteiger partial charge in [-0.2, -0.15) is 0 Å². The first-order valence-corrected chi connectivity index (χ1v) is 6.77. The Morgan fingerprint density at radius 2 is 1.78 bits per heavy atom. The summed E-state index contributed by atoms with van der Waals surface area (Å²) in [6, 6.07) is 13.2. The van der Waals surface area contributed by atoms with Gasteiger partial charge in [0, 0.05) is 11.3 Å². The van der Waals surface area contributed by atoms with Gasteiger partial charge in [0.25, 0.3) is 0 Å². The van der Waals surface area contributed by atoms with E-state index in [1.807, 2.05) is 42.5 Å². The highest BCUT2D eigenvalue weighted by Gasteiger charge is 2.08. The molecule has 2 aromatic carbocycles. The molecule has 0 radical (unpaired) electrons. The minimum Gasteiger partial charge on any atom is -0.389 e. The fourth-order valence-corrected chi connectivity index (χ4v) is 2.27. The van der Waals surface area contributed by atoms with Gasteiger partial charge in [-0.25, -0.2) is 0 Å². The Hall–Kier alpha value is -1.10. The molecule has 0 spiro atoms. The Morgan fingerprint density at radius 3 is 2.50 bits per heavy atom. The van der Waals surface area contributed by atoms with Crippen LogP contribution in [0.25, 0.3) is 0 Å². The molecule has 2 nitrogen and oxygen atoms in total. The molecule has 0 bridgehead atoms. The van der Waals surface area contributed by atoms with E-state index in [0.717, 1.165) is 21.4 Å². The molecule has 92 valence electrons.